The van der Waals surface area contributed by atoms with Gasteiger partial charge in [-0.3, -0.25) is 4.79 Å². The highest BCUT2D eigenvalue weighted by atomic mass is 127. The van der Waals surface area contributed by atoms with Crippen LogP contribution in [0, 0.1) is 5.92 Å². The Bertz CT molecular complexity index is 96.6. The normalized spacial score (nSPS) is 28.4. The Labute approximate surface area is 61.7 Å². The van der Waals surface area contributed by atoms with Crippen LogP contribution in [0.1, 0.15) is 6.42 Å². The van der Waals surface area contributed by atoms with Gasteiger partial charge < -0.3 is 4.74 Å². The summed E-state index contributed by atoms with van der Waals surface area (Å²) in [4.78, 5) is 10.6. The number of ether oxygens (including phenoxy) is 1. The molecule has 0 aromatic heterocycles. The minimum Gasteiger partial charge on any atom is -0.381 e. The molecule has 1 aliphatic rings. The second kappa shape index (κ2) is 2.77. The van der Waals surface area contributed by atoms with Crippen LogP contribution in [-0.4, -0.2) is 17.0 Å². The molecule has 3 heteroatoms. The van der Waals surface area contributed by atoms with Gasteiger partial charge in [0.2, 0.25) is 0 Å². The molecule has 0 aromatic rings. The Morgan fingerprint density at radius 3 is 2.75 bits per heavy atom. The second-order valence-corrected chi connectivity index (χ2v) is 2.93. The lowest BCUT2D eigenvalue weighted by atomic mass is 10.2. The van der Waals surface area contributed by atoms with Gasteiger partial charge in [-0.05, 0) is 29.0 Å². The molecule has 0 aliphatic carbocycles. The predicted molar refractivity (Wildman–Crippen MR) is 38.0 cm³/mol. The summed E-state index contributed by atoms with van der Waals surface area (Å²) in [6.45, 7) is 1.40. The number of halogens is 1. The maximum atomic E-state index is 10.6. The van der Waals surface area contributed by atoms with E-state index in [4.69, 9.17) is 4.74 Å². The third kappa shape index (κ3) is 1.42. The van der Waals surface area contributed by atoms with Gasteiger partial charge in [0.05, 0.1) is 12.5 Å². The molecule has 0 saturated carbocycles. The maximum Gasteiger partial charge on any atom is 0.197 e. The summed E-state index contributed by atoms with van der Waals surface area (Å²) in [5.41, 5.74) is 0. The molecule has 0 aromatic carbocycles. The van der Waals surface area contributed by atoms with E-state index in [0.29, 0.717) is 6.61 Å². The fourth-order valence-electron chi connectivity index (χ4n) is 0.714. The van der Waals surface area contributed by atoms with E-state index < -0.39 is 0 Å². The first-order valence-electron chi connectivity index (χ1n) is 2.58. The molecule has 1 rings (SSSR count). The quantitative estimate of drug-likeness (QED) is 0.492. The van der Waals surface area contributed by atoms with Crippen molar-refractivity contribution in [1.82, 2.24) is 0 Å². The van der Waals surface area contributed by atoms with Gasteiger partial charge >= 0.3 is 0 Å². The van der Waals surface area contributed by atoms with Crippen LogP contribution in [0.4, 0.5) is 0 Å². The molecular weight excluding hydrogens is 219 g/mol. The second-order valence-electron chi connectivity index (χ2n) is 1.86. The van der Waals surface area contributed by atoms with Crippen molar-refractivity contribution >= 4 is 26.4 Å². The first kappa shape index (κ1) is 6.48. The van der Waals surface area contributed by atoms with E-state index >= 15 is 0 Å². The molecule has 2 nitrogen and oxygen atoms in total. The van der Waals surface area contributed by atoms with Crippen molar-refractivity contribution in [2.45, 2.75) is 6.42 Å². The molecule has 1 heterocycles. The van der Waals surface area contributed by atoms with Crippen molar-refractivity contribution < 1.29 is 9.53 Å². The van der Waals surface area contributed by atoms with Crippen LogP contribution < -0.4 is 0 Å². The van der Waals surface area contributed by atoms with Crippen molar-refractivity contribution in [2.24, 2.45) is 5.92 Å². The number of hydrogen-bond acceptors (Lipinski definition) is 2. The molecule has 1 saturated heterocycles. The Balaban J connectivity index is 2.35. The van der Waals surface area contributed by atoms with Gasteiger partial charge in [0.25, 0.3) is 0 Å². The van der Waals surface area contributed by atoms with Crippen molar-refractivity contribution in [3.05, 3.63) is 0 Å². The van der Waals surface area contributed by atoms with Gasteiger partial charge in [-0.1, -0.05) is 0 Å². The average Bonchev–Trinajstić information content (AvgIpc) is 2.12. The Morgan fingerprint density at radius 2 is 2.50 bits per heavy atom. The van der Waals surface area contributed by atoms with Crippen molar-refractivity contribution in [2.75, 3.05) is 13.2 Å². The van der Waals surface area contributed by atoms with E-state index in [1.54, 1.807) is 0 Å². The van der Waals surface area contributed by atoms with E-state index in [2.05, 4.69) is 0 Å². The van der Waals surface area contributed by atoms with E-state index in [9.17, 15) is 4.79 Å². The maximum absolute atomic E-state index is 10.6. The lowest BCUT2D eigenvalue weighted by Crippen LogP contribution is -2.05. The summed E-state index contributed by atoms with van der Waals surface area (Å²) in [6, 6.07) is 0. The fraction of sp³-hybridized carbons (Fsp3) is 0.800. The molecule has 0 N–H and O–H groups in total. The number of hydrogen-bond donors (Lipinski definition) is 0. The highest BCUT2D eigenvalue weighted by Gasteiger charge is 2.20. The SMILES string of the molecule is O=C(I)C1CCOC1. The highest BCUT2D eigenvalue weighted by molar-refractivity contribution is 14.1. The van der Waals surface area contributed by atoms with Gasteiger partial charge in [0.1, 0.15) is 0 Å². The van der Waals surface area contributed by atoms with Crippen LogP contribution in [0.15, 0.2) is 0 Å². The third-order valence-electron chi connectivity index (χ3n) is 1.25. The largest absolute Gasteiger partial charge is 0.381 e. The summed E-state index contributed by atoms with van der Waals surface area (Å²) < 4.78 is 5.23. The lowest BCUT2D eigenvalue weighted by molar-refractivity contribution is -0.112. The Morgan fingerprint density at radius 1 is 1.75 bits per heavy atom. The monoisotopic (exact) mass is 226 g/mol. The summed E-state index contributed by atoms with van der Waals surface area (Å²) in [5.74, 6) is 0.190. The van der Waals surface area contributed by atoms with Crippen LogP contribution in [0.25, 0.3) is 0 Å². The standard InChI is InChI=1S/C5H7IO2/c6-5(7)4-1-2-8-3-4/h4H,1-3H2. The number of rotatable bonds is 1. The highest BCUT2D eigenvalue weighted by Crippen LogP contribution is 2.15. The lowest BCUT2D eigenvalue weighted by Gasteiger charge is -1.95. The van der Waals surface area contributed by atoms with Gasteiger partial charge in [-0.15, -0.1) is 0 Å². The summed E-state index contributed by atoms with van der Waals surface area (Å²) in [7, 11) is 0. The molecular formula is C5H7IO2. The molecule has 0 amide bonds. The van der Waals surface area contributed by atoms with Crippen molar-refractivity contribution in [3.63, 3.8) is 0 Å². The molecule has 0 spiro atoms. The van der Waals surface area contributed by atoms with Gasteiger partial charge in [-0.2, -0.15) is 0 Å². The van der Waals surface area contributed by atoms with Crippen LogP contribution in [0.3, 0.4) is 0 Å². The molecule has 1 atom stereocenters. The zero-order valence-electron chi connectivity index (χ0n) is 4.39. The zero-order valence-corrected chi connectivity index (χ0v) is 6.55. The summed E-state index contributed by atoms with van der Waals surface area (Å²) in [6.07, 6.45) is 0.918. The molecule has 0 radical (unpaired) electrons. The molecule has 1 aliphatic heterocycles. The topological polar surface area (TPSA) is 26.3 Å². The smallest absolute Gasteiger partial charge is 0.197 e. The number of carbonyl (C=O) groups excluding carboxylic acids is 1. The third-order valence-corrected chi connectivity index (χ3v) is 2.13. The van der Waals surface area contributed by atoms with Crippen LogP contribution >= 0.6 is 22.6 Å². The van der Waals surface area contributed by atoms with E-state index in [-0.39, 0.29) is 9.71 Å². The zero-order chi connectivity index (χ0) is 5.98. The average molecular weight is 226 g/mol. The summed E-state index contributed by atoms with van der Waals surface area (Å²) >= 11 is 1.83. The molecule has 1 unspecified atom stereocenters. The first-order valence-corrected chi connectivity index (χ1v) is 3.65. The van der Waals surface area contributed by atoms with Gasteiger partial charge in [0, 0.05) is 6.61 Å². The Hall–Kier alpha value is 0.360. The van der Waals surface area contributed by atoms with E-state index in [1.165, 1.54) is 0 Å². The van der Waals surface area contributed by atoms with Crippen LogP contribution in [0.5, 0.6) is 0 Å². The van der Waals surface area contributed by atoms with Gasteiger partial charge in [0.15, 0.2) is 3.79 Å². The summed E-state index contributed by atoms with van der Waals surface area (Å²) in [5, 5.41) is 0. The molecule has 1 fully saturated rings. The molecule has 0 bridgehead atoms. The Kier molecular flexibility index (Phi) is 2.25. The van der Waals surface area contributed by atoms with Crippen molar-refractivity contribution in [1.29, 1.82) is 0 Å². The predicted octanol–water partition coefficient (Wildman–Crippen LogP) is 0.984. The van der Waals surface area contributed by atoms with E-state index in [1.807, 2.05) is 22.6 Å². The van der Waals surface area contributed by atoms with Gasteiger partial charge in [-0.25, -0.2) is 0 Å². The van der Waals surface area contributed by atoms with Crippen LogP contribution in [0.2, 0.25) is 0 Å². The fourth-order valence-corrected chi connectivity index (χ4v) is 1.20. The first-order chi connectivity index (χ1) is 3.80. The van der Waals surface area contributed by atoms with Crippen LogP contribution in [-0.2, 0) is 9.53 Å². The molecule has 8 heavy (non-hydrogen) atoms. The van der Waals surface area contributed by atoms with Crippen molar-refractivity contribution in [3.8, 4) is 0 Å². The minimum absolute atomic E-state index is 0.190. The minimum atomic E-state index is 0.190. The van der Waals surface area contributed by atoms with E-state index in [0.717, 1.165) is 13.0 Å². The molecule has 46 valence electrons. The number of carbonyl (C=O) groups is 1.